The standard InChI is InChI=1S/C16H11IN4O2/c17-10-1-3-11(4-2-10)19-14-7-9-5-6-18-13(9)8-12(14)15-20-21-16(22)23-15/h1-8,18-19H,(H,21,22). The van der Waals surface area contributed by atoms with E-state index in [1.54, 1.807) is 0 Å². The van der Waals surface area contributed by atoms with Crippen molar-refractivity contribution in [1.29, 1.82) is 0 Å². The number of anilines is 2. The van der Waals surface area contributed by atoms with E-state index in [4.69, 9.17) is 4.42 Å². The summed E-state index contributed by atoms with van der Waals surface area (Å²) in [5.41, 5.74) is 3.43. The molecule has 0 saturated carbocycles. The Morgan fingerprint density at radius 2 is 1.91 bits per heavy atom. The molecular weight excluding hydrogens is 407 g/mol. The maximum atomic E-state index is 9.33. The first-order valence-corrected chi connectivity index (χ1v) is 7.93. The molecule has 2 heterocycles. The van der Waals surface area contributed by atoms with Crippen molar-refractivity contribution < 1.29 is 9.52 Å². The van der Waals surface area contributed by atoms with Crippen molar-refractivity contribution in [2.24, 2.45) is 0 Å². The zero-order chi connectivity index (χ0) is 15.8. The van der Waals surface area contributed by atoms with Crippen LogP contribution in [0.15, 0.2) is 53.1 Å². The summed E-state index contributed by atoms with van der Waals surface area (Å²) < 4.78 is 6.33. The maximum absolute atomic E-state index is 9.33. The van der Waals surface area contributed by atoms with Gasteiger partial charge in [-0.3, -0.25) is 0 Å². The maximum Gasteiger partial charge on any atom is 0.412 e. The molecule has 6 nitrogen and oxygen atoms in total. The number of nitrogens with zero attached hydrogens (tertiary/aromatic N) is 2. The minimum atomic E-state index is -0.452. The van der Waals surface area contributed by atoms with E-state index in [9.17, 15) is 5.11 Å². The van der Waals surface area contributed by atoms with Gasteiger partial charge in [-0.05, 0) is 65.1 Å². The molecular formula is C16H11IN4O2. The Hall–Kier alpha value is -2.55. The first kappa shape index (κ1) is 14.1. The predicted molar refractivity (Wildman–Crippen MR) is 95.7 cm³/mol. The summed E-state index contributed by atoms with van der Waals surface area (Å²) in [6, 6.07) is 13.9. The molecule has 0 saturated heterocycles. The second kappa shape index (κ2) is 5.58. The first-order valence-electron chi connectivity index (χ1n) is 6.85. The quantitative estimate of drug-likeness (QED) is 0.433. The number of aromatic nitrogens is 3. The molecule has 0 aliphatic carbocycles. The topological polar surface area (TPSA) is 87.0 Å². The number of benzene rings is 2. The van der Waals surface area contributed by atoms with Crippen LogP contribution in [0.3, 0.4) is 0 Å². The number of fused-ring (bicyclic) bond motifs is 1. The van der Waals surface area contributed by atoms with Gasteiger partial charge in [-0.25, -0.2) is 0 Å². The van der Waals surface area contributed by atoms with Gasteiger partial charge in [-0.2, -0.15) is 0 Å². The minimum Gasteiger partial charge on any atom is -0.465 e. The fourth-order valence-electron chi connectivity index (χ4n) is 2.39. The summed E-state index contributed by atoms with van der Waals surface area (Å²) >= 11 is 2.26. The molecule has 0 amide bonds. The number of hydrogen-bond donors (Lipinski definition) is 3. The Bertz CT molecular complexity index is 975. The van der Waals surface area contributed by atoms with Crippen LogP contribution < -0.4 is 5.32 Å². The van der Waals surface area contributed by atoms with Crippen LogP contribution in [0.2, 0.25) is 0 Å². The van der Waals surface area contributed by atoms with Crippen molar-refractivity contribution in [3.63, 3.8) is 0 Å². The van der Waals surface area contributed by atoms with E-state index in [-0.39, 0.29) is 5.89 Å². The largest absolute Gasteiger partial charge is 0.465 e. The average molecular weight is 418 g/mol. The van der Waals surface area contributed by atoms with Gasteiger partial charge in [0.15, 0.2) is 0 Å². The third-order valence-corrected chi connectivity index (χ3v) is 4.18. The lowest BCUT2D eigenvalue weighted by Gasteiger charge is -2.10. The molecule has 4 rings (SSSR count). The molecule has 3 N–H and O–H groups in total. The van der Waals surface area contributed by atoms with Gasteiger partial charge in [0.25, 0.3) is 5.89 Å². The highest BCUT2D eigenvalue weighted by atomic mass is 127. The van der Waals surface area contributed by atoms with Gasteiger partial charge in [-0.15, -0.1) is 5.10 Å². The van der Waals surface area contributed by atoms with Crippen LogP contribution >= 0.6 is 22.6 Å². The van der Waals surface area contributed by atoms with Crippen LogP contribution in [0, 0.1) is 3.57 Å². The van der Waals surface area contributed by atoms with E-state index in [0.29, 0.717) is 5.56 Å². The molecule has 0 unspecified atom stereocenters. The van der Waals surface area contributed by atoms with Crippen LogP contribution in [0.1, 0.15) is 0 Å². The molecule has 114 valence electrons. The zero-order valence-electron chi connectivity index (χ0n) is 11.7. The molecule has 2 aromatic heterocycles. The van der Waals surface area contributed by atoms with Gasteiger partial charge in [0.2, 0.25) is 0 Å². The molecule has 0 aliphatic heterocycles. The normalized spacial score (nSPS) is 11.0. The van der Waals surface area contributed by atoms with Gasteiger partial charge < -0.3 is 19.8 Å². The Labute approximate surface area is 144 Å². The lowest BCUT2D eigenvalue weighted by molar-refractivity contribution is 0.320. The molecule has 7 heteroatoms. The number of hydrogen-bond acceptors (Lipinski definition) is 5. The SMILES string of the molecule is Oc1nnc(-c2cc3[nH]ccc3cc2Nc2ccc(I)cc2)o1. The van der Waals surface area contributed by atoms with Crippen LogP contribution in [-0.4, -0.2) is 20.3 Å². The number of rotatable bonds is 3. The van der Waals surface area contributed by atoms with Crippen LogP contribution in [0.25, 0.3) is 22.4 Å². The molecule has 23 heavy (non-hydrogen) atoms. The number of aromatic hydroxyl groups is 1. The monoisotopic (exact) mass is 418 g/mol. The second-order valence-electron chi connectivity index (χ2n) is 4.98. The number of aromatic amines is 1. The number of nitrogens with one attached hydrogen (secondary N) is 2. The molecule has 0 bridgehead atoms. The van der Waals surface area contributed by atoms with Gasteiger partial charge in [-0.1, -0.05) is 5.10 Å². The van der Waals surface area contributed by atoms with Crippen molar-refractivity contribution in [3.05, 3.63) is 52.2 Å². The second-order valence-corrected chi connectivity index (χ2v) is 6.23. The number of halogens is 1. The Kier molecular flexibility index (Phi) is 3.41. The van der Waals surface area contributed by atoms with Crippen molar-refractivity contribution >= 4 is 44.9 Å². The van der Waals surface area contributed by atoms with E-state index in [1.165, 1.54) is 0 Å². The first-order chi connectivity index (χ1) is 11.2. The summed E-state index contributed by atoms with van der Waals surface area (Å²) in [6.07, 6.45) is 1.42. The van der Waals surface area contributed by atoms with Gasteiger partial charge in [0.05, 0.1) is 11.3 Å². The molecule has 0 aliphatic rings. The Balaban J connectivity index is 1.84. The zero-order valence-corrected chi connectivity index (χ0v) is 13.9. The Morgan fingerprint density at radius 1 is 1.09 bits per heavy atom. The number of H-pyrrole nitrogens is 1. The molecule has 0 atom stereocenters. The highest BCUT2D eigenvalue weighted by molar-refractivity contribution is 14.1. The van der Waals surface area contributed by atoms with Crippen molar-refractivity contribution in [1.82, 2.24) is 15.2 Å². The molecule has 2 aromatic carbocycles. The lowest BCUT2D eigenvalue weighted by atomic mass is 10.1. The summed E-state index contributed by atoms with van der Waals surface area (Å²) in [7, 11) is 0. The van der Waals surface area contributed by atoms with E-state index in [2.05, 4.69) is 43.1 Å². The van der Waals surface area contributed by atoms with Crippen LogP contribution in [0.4, 0.5) is 11.4 Å². The summed E-state index contributed by atoms with van der Waals surface area (Å²) in [6.45, 7) is 0. The lowest BCUT2D eigenvalue weighted by Crippen LogP contribution is -1.94. The smallest absolute Gasteiger partial charge is 0.412 e. The average Bonchev–Trinajstić information content (AvgIpc) is 3.17. The minimum absolute atomic E-state index is 0.256. The highest BCUT2D eigenvalue weighted by Gasteiger charge is 2.14. The third-order valence-electron chi connectivity index (χ3n) is 3.46. The van der Waals surface area contributed by atoms with E-state index >= 15 is 0 Å². The van der Waals surface area contributed by atoms with Crippen molar-refractivity contribution in [3.8, 4) is 17.5 Å². The van der Waals surface area contributed by atoms with Gasteiger partial charge in [0.1, 0.15) is 0 Å². The van der Waals surface area contributed by atoms with Crippen LogP contribution in [-0.2, 0) is 0 Å². The fraction of sp³-hybridized carbons (Fsp3) is 0. The van der Waals surface area contributed by atoms with E-state index in [1.807, 2.05) is 48.7 Å². The van der Waals surface area contributed by atoms with Crippen molar-refractivity contribution in [2.45, 2.75) is 0 Å². The molecule has 0 spiro atoms. The van der Waals surface area contributed by atoms with E-state index in [0.717, 1.165) is 25.8 Å². The predicted octanol–water partition coefficient (Wildman–Crippen LogP) is 4.27. The van der Waals surface area contributed by atoms with Gasteiger partial charge in [0, 0.05) is 26.4 Å². The highest BCUT2D eigenvalue weighted by Crippen LogP contribution is 2.34. The Morgan fingerprint density at radius 3 is 2.65 bits per heavy atom. The summed E-state index contributed by atoms with van der Waals surface area (Å²) in [5.74, 6) is 0.256. The molecule has 0 fully saturated rings. The van der Waals surface area contributed by atoms with Crippen molar-refractivity contribution in [2.75, 3.05) is 5.32 Å². The fourth-order valence-corrected chi connectivity index (χ4v) is 2.75. The van der Waals surface area contributed by atoms with E-state index < -0.39 is 6.08 Å². The van der Waals surface area contributed by atoms with Crippen LogP contribution in [0.5, 0.6) is 6.08 Å². The molecule has 0 radical (unpaired) electrons. The molecule has 4 aromatic rings. The van der Waals surface area contributed by atoms with Gasteiger partial charge >= 0.3 is 6.08 Å². The summed E-state index contributed by atoms with van der Waals surface area (Å²) in [5, 5.41) is 21.1. The summed E-state index contributed by atoms with van der Waals surface area (Å²) in [4.78, 5) is 3.15. The third kappa shape index (κ3) is 2.74.